The van der Waals surface area contributed by atoms with Crippen LogP contribution in [0.2, 0.25) is 0 Å². The first-order valence-electron chi connectivity index (χ1n) is 18.5. The fraction of sp³-hybridized carbons (Fsp3) is 0. The van der Waals surface area contributed by atoms with Crippen LogP contribution in [0.5, 0.6) is 46.0 Å². The molecular formula is C48H26B2O4. The van der Waals surface area contributed by atoms with Gasteiger partial charge >= 0.3 is 0 Å². The molecular weight excluding hydrogens is 662 g/mol. The highest BCUT2D eigenvalue weighted by molar-refractivity contribution is 6.99. The molecule has 0 saturated heterocycles. The molecule has 0 aromatic heterocycles. The number of benzene rings is 8. The molecule has 4 heterocycles. The van der Waals surface area contributed by atoms with Crippen LogP contribution in [0.15, 0.2) is 158 Å². The van der Waals surface area contributed by atoms with E-state index in [1.807, 2.05) is 12.1 Å². The van der Waals surface area contributed by atoms with Crippen LogP contribution in [-0.2, 0) is 0 Å². The first kappa shape index (κ1) is 28.6. The molecule has 0 radical (unpaired) electrons. The van der Waals surface area contributed by atoms with E-state index >= 15 is 0 Å². The molecule has 4 aliphatic heterocycles. The Morgan fingerprint density at radius 1 is 0.278 bits per heavy atom. The normalized spacial score (nSPS) is 13.7. The van der Waals surface area contributed by atoms with Crippen molar-refractivity contribution in [3.05, 3.63) is 158 Å². The maximum absolute atomic E-state index is 7.10. The third-order valence-electron chi connectivity index (χ3n) is 11.9. The summed E-state index contributed by atoms with van der Waals surface area (Å²) < 4.78 is 27.9. The molecule has 0 fully saturated rings. The minimum absolute atomic E-state index is 0.0364. The van der Waals surface area contributed by atoms with Gasteiger partial charge in [0.25, 0.3) is 13.4 Å². The standard InChI is InChI=1S/C48H26B2O4/c1-3-15-29-27(13-1)31-25-41-45-48(54-40-24-12-8-20-36(40)49(45)33-17-5-9-21-37(33)51-41)44(31)30-16-4-2-14-28(30)32-26-42-46-47(43(29)32)53-39-23-11-7-19-35(39)50(46)34-18-6-10-22-38(34)52-42/h1-26H. The topological polar surface area (TPSA) is 36.9 Å². The van der Waals surface area contributed by atoms with Gasteiger partial charge in [0, 0.05) is 22.1 Å². The summed E-state index contributed by atoms with van der Waals surface area (Å²) in [6.07, 6.45) is 0. The third-order valence-corrected chi connectivity index (χ3v) is 11.9. The van der Waals surface area contributed by atoms with Crippen molar-refractivity contribution in [2.75, 3.05) is 0 Å². The largest absolute Gasteiger partial charge is 0.458 e. The van der Waals surface area contributed by atoms with Crippen molar-refractivity contribution in [1.82, 2.24) is 0 Å². The second-order valence-electron chi connectivity index (χ2n) is 14.6. The second-order valence-corrected chi connectivity index (χ2v) is 14.6. The van der Waals surface area contributed by atoms with E-state index in [-0.39, 0.29) is 13.4 Å². The SMILES string of the molecule is c1ccc2c(c1)Oc1cc3c(c4c1B2c1ccccc1O4)-c1ccccc1-c1cc2c4c(c1-c1ccccc1-3)Oc1ccccc1B4c1ccccc1O2. The lowest BCUT2D eigenvalue weighted by atomic mass is 9.34. The first-order chi connectivity index (χ1) is 26.8. The molecule has 0 saturated carbocycles. The lowest BCUT2D eigenvalue weighted by Crippen LogP contribution is -2.57. The second kappa shape index (κ2) is 10.4. The molecule has 0 unspecified atom stereocenters. The molecule has 54 heavy (non-hydrogen) atoms. The van der Waals surface area contributed by atoms with Crippen LogP contribution in [-0.4, -0.2) is 13.4 Å². The quantitative estimate of drug-likeness (QED) is 0.151. The van der Waals surface area contributed by atoms with Gasteiger partial charge in [-0.3, -0.25) is 0 Å². The highest BCUT2D eigenvalue weighted by atomic mass is 16.5. The van der Waals surface area contributed by atoms with Gasteiger partial charge in [-0.25, -0.2) is 0 Å². The van der Waals surface area contributed by atoms with Gasteiger partial charge in [0.2, 0.25) is 0 Å². The number of rotatable bonds is 0. The average Bonchev–Trinajstić information content (AvgIpc) is 3.22. The number of fused-ring (bicyclic) bond motifs is 18. The molecule has 8 aromatic carbocycles. The molecule has 0 N–H and O–H groups in total. The Morgan fingerprint density at radius 2 is 0.593 bits per heavy atom. The van der Waals surface area contributed by atoms with Crippen molar-refractivity contribution in [3.63, 3.8) is 0 Å². The molecule has 0 amide bonds. The molecule has 8 aromatic rings. The minimum atomic E-state index is -0.0364. The van der Waals surface area contributed by atoms with Crippen LogP contribution in [0, 0.1) is 0 Å². The van der Waals surface area contributed by atoms with Crippen LogP contribution in [0.3, 0.4) is 0 Å². The van der Waals surface area contributed by atoms with Gasteiger partial charge in [0.1, 0.15) is 46.0 Å². The molecule has 13 rings (SSSR count). The maximum Gasteiger partial charge on any atom is 0.260 e. The summed E-state index contributed by atoms with van der Waals surface area (Å²) in [6.45, 7) is -0.0728. The average molecular weight is 688 g/mol. The van der Waals surface area contributed by atoms with Gasteiger partial charge in [0.05, 0.1) is 0 Å². The zero-order valence-corrected chi connectivity index (χ0v) is 28.8. The monoisotopic (exact) mass is 688 g/mol. The molecule has 1 aliphatic carbocycles. The van der Waals surface area contributed by atoms with Gasteiger partial charge in [-0.2, -0.15) is 0 Å². The Labute approximate surface area is 312 Å². The van der Waals surface area contributed by atoms with Gasteiger partial charge in [-0.1, -0.05) is 121 Å². The summed E-state index contributed by atoms with van der Waals surface area (Å²) in [7, 11) is 0. The van der Waals surface area contributed by atoms with Crippen LogP contribution >= 0.6 is 0 Å². The Morgan fingerprint density at radius 3 is 0.981 bits per heavy atom. The van der Waals surface area contributed by atoms with E-state index in [9.17, 15) is 0 Å². The van der Waals surface area contributed by atoms with Crippen molar-refractivity contribution in [2.45, 2.75) is 0 Å². The zero-order valence-electron chi connectivity index (χ0n) is 28.8. The lowest BCUT2D eigenvalue weighted by Gasteiger charge is -2.37. The van der Waals surface area contributed by atoms with Crippen LogP contribution in [0.4, 0.5) is 0 Å². The fourth-order valence-corrected chi connectivity index (χ4v) is 9.72. The van der Waals surface area contributed by atoms with Crippen LogP contribution < -0.4 is 51.7 Å². The van der Waals surface area contributed by atoms with Crippen molar-refractivity contribution in [3.8, 4) is 90.5 Å². The number of hydrogen-bond acceptors (Lipinski definition) is 4. The van der Waals surface area contributed by atoms with Crippen LogP contribution in [0.1, 0.15) is 0 Å². The Bertz CT molecular complexity index is 2760. The summed E-state index contributed by atoms with van der Waals surface area (Å²) in [5.74, 6) is 6.77. The van der Waals surface area contributed by atoms with Crippen LogP contribution in [0.25, 0.3) is 44.5 Å². The molecule has 4 nitrogen and oxygen atoms in total. The predicted molar refractivity (Wildman–Crippen MR) is 217 cm³/mol. The highest BCUT2D eigenvalue weighted by Gasteiger charge is 2.45. The maximum atomic E-state index is 7.10. The smallest absolute Gasteiger partial charge is 0.260 e. The van der Waals surface area contributed by atoms with E-state index in [0.29, 0.717) is 0 Å². The Hall–Kier alpha value is -6.91. The molecule has 0 bridgehead atoms. The molecule has 0 spiro atoms. The van der Waals surface area contributed by atoms with E-state index in [1.54, 1.807) is 0 Å². The summed E-state index contributed by atoms with van der Waals surface area (Å²) in [5.41, 5.74) is 15.2. The minimum Gasteiger partial charge on any atom is -0.458 e. The van der Waals surface area contributed by atoms with E-state index in [0.717, 1.165) is 123 Å². The van der Waals surface area contributed by atoms with Crippen molar-refractivity contribution in [1.29, 1.82) is 0 Å². The van der Waals surface area contributed by atoms with Gasteiger partial charge < -0.3 is 18.9 Å². The number of ether oxygens (including phenoxy) is 4. The van der Waals surface area contributed by atoms with Crippen molar-refractivity contribution < 1.29 is 18.9 Å². The molecule has 6 heteroatoms. The van der Waals surface area contributed by atoms with E-state index in [4.69, 9.17) is 18.9 Å². The summed E-state index contributed by atoms with van der Waals surface area (Å²) in [6, 6.07) is 55.6. The van der Waals surface area contributed by atoms with Gasteiger partial charge in [-0.15, -0.1) is 0 Å². The third kappa shape index (κ3) is 3.64. The van der Waals surface area contributed by atoms with E-state index < -0.39 is 0 Å². The van der Waals surface area contributed by atoms with Crippen molar-refractivity contribution in [2.24, 2.45) is 0 Å². The molecule has 248 valence electrons. The zero-order chi connectivity index (χ0) is 35.1. The predicted octanol–water partition coefficient (Wildman–Crippen LogP) is 8.12. The van der Waals surface area contributed by atoms with E-state index in [2.05, 4.69) is 146 Å². The first-order valence-corrected chi connectivity index (χ1v) is 18.5. The lowest BCUT2D eigenvalue weighted by molar-refractivity contribution is 0.466. The Balaban J connectivity index is 1.16. The number of para-hydroxylation sites is 4. The fourth-order valence-electron chi connectivity index (χ4n) is 9.72. The molecule has 0 atom stereocenters. The van der Waals surface area contributed by atoms with Gasteiger partial charge in [0.15, 0.2) is 0 Å². The van der Waals surface area contributed by atoms with E-state index in [1.165, 1.54) is 0 Å². The summed E-state index contributed by atoms with van der Waals surface area (Å²) in [5, 5.41) is 0. The number of hydrogen-bond donors (Lipinski definition) is 0. The van der Waals surface area contributed by atoms with Crippen molar-refractivity contribution >= 4 is 46.2 Å². The summed E-state index contributed by atoms with van der Waals surface area (Å²) in [4.78, 5) is 0. The van der Waals surface area contributed by atoms with Gasteiger partial charge in [-0.05, 0) is 91.6 Å². The summed E-state index contributed by atoms with van der Waals surface area (Å²) >= 11 is 0. The Kier molecular flexibility index (Phi) is 5.50. The molecule has 5 aliphatic rings. The highest BCUT2D eigenvalue weighted by Crippen LogP contribution is 2.56.